The summed E-state index contributed by atoms with van der Waals surface area (Å²) in [5, 5.41) is 16.3. The lowest BCUT2D eigenvalue weighted by Gasteiger charge is -2.19. The summed E-state index contributed by atoms with van der Waals surface area (Å²) in [6.45, 7) is 11.5. The van der Waals surface area contributed by atoms with Gasteiger partial charge >= 0.3 is 0 Å². The van der Waals surface area contributed by atoms with E-state index in [9.17, 15) is 5.26 Å². The van der Waals surface area contributed by atoms with E-state index in [1.54, 1.807) is 0 Å². The SMILES string of the molecule is CCCCCCOc1cc2c3cc(Br)c(C#N)cc3c3cc(OCCCCCC)c(OCCCCCC)cc3c2cc1OCCCCCC. The van der Waals surface area contributed by atoms with Gasteiger partial charge in [0.2, 0.25) is 0 Å². The molecule has 4 aromatic rings. The molecule has 0 aromatic heterocycles. The van der Waals surface area contributed by atoms with E-state index in [-0.39, 0.29) is 0 Å². The zero-order valence-corrected chi connectivity index (χ0v) is 32.2. The molecular weight excluding hydrogens is 674 g/mol. The maximum absolute atomic E-state index is 10.0. The summed E-state index contributed by atoms with van der Waals surface area (Å²) in [4.78, 5) is 0. The van der Waals surface area contributed by atoms with Crippen molar-refractivity contribution in [3.05, 3.63) is 46.4 Å². The summed E-state index contributed by atoms with van der Waals surface area (Å²) in [5.74, 6) is 3.10. The smallest absolute Gasteiger partial charge is 0.161 e. The summed E-state index contributed by atoms with van der Waals surface area (Å²) in [6, 6.07) is 15.1. The molecule has 4 rings (SSSR count). The van der Waals surface area contributed by atoms with Crippen LogP contribution in [0, 0.1) is 11.3 Å². The van der Waals surface area contributed by atoms with Crippen LogP contribution in [-0.2, 0) is 0 Å². The first kappa shape index (κ1) is 38.6. The number of benzene rings is 4. The van der Waals surface area contributed by atoms with Crippen LogP contribution in [0.2, 0.25) is 0 Å². The quantitative estimate of drug-likeness (QED) is 0.0530. The fraction of sp³-hybridized carbons (Fsp3) is 0.558. The summed E-state index contributed by atoms with van der Waals surface area (Å²) in [5.41, 5.74) is 0.603. The molecule has 0 radical (unpaired) electrons. The highest BCUT2D eigenvalue weighted by atomic mass is 79.9. The number of hydrogen-bond acceptors (Lipinski definition) is 5. The van der Waals surface area contributed by atoms with E-state index in [0.717, 1.165) is 111 Å². The van der Waals surface area contributed by atoms with Gasteiger partial charge in [-0.05, 0) is 110 Å². The highest BCUT2D eigenvalue weighted by Gasteiger charge is 2.19. The van der Waals surface area contributed by atoms with Crippen molar-refractivity contribution >= 4 is 48.2 Å². The van der Waals surface area contributed by atoms with Crippen molar-refractivity contribution in [2.24, 2.45) is 0 Å². The second-order valence-electron chi connectivity index (χ2n) is 13.3. The van der Waals surface area contributed by atoms with E-state index >= 15 is 0 Å². The summed E-state index contributed by atoms with van der Waals surface area (Å²) >= 11 is 3.69. The van der Waals surface area contributed by atoms with Gasteiger partial charge in [-0.25, -0.2) is 0 Å². The van der Waals surface area contributed by atoms with E-state index in [4.69, 9.17) is 18.9 Å². The summed E-state index contributed by atoms with van der Waals surface area (Å²) in [7, 11) is 0. The molecule has 0 aliphatic heterocycles. The Morgan fingerprint density at radius 3 is 1.00 bits per heavy atom. The van der Waals surface area contributed by atoms with Gasteiger partial charge in [-0.3, -0.25) is 0 Å². The first-order valence-corrected chi connectivity index (χ1v) is 20.0. The molecule has 0 heterocycles. The standard InChI is InChI=1S/C43H58BrNO4/c1-5-9-13-17-21-46-40-27-35-33-25-32(31-45)39(44)26-34(33)36-28-41(47-22-18-14-10-6-2)43(49-24-20-16-12-8-4)30-38(36)37(35)29-42(40)48-23-19-15-11-7-3/h25-30H,5-24H2,1-4H3. The third kappa shape index (κ3) is 10.9. The van der Waals surface area contributed by atoms with E-state index in [0.29, 0.717) is 32.0 Å². The largest absolute Gasteiger partial charge is 0.490 e. The summed E-state index contributed by atoms with van der Waals surface area (Å²) < 4.78 is 26.7. The van der Waals surface area contributed by atoms with Crippen molar-refractivity contribution in [3.8, 4) is 29.1 Å². The summed E-state index contributed by atoms with van der Waals surface area (Å²) in [6.07, 6.45) is 18.2. The number of halogens is 1. The van der Waals surface area contributed by atoms with Crippen LogP contribution in [0.4, 0.5) is 0 Å². The van der Waals surface area contributed by atoms with Gasteiger partial charge in [0.1, 0.15) is 6.07 Å². The monoisotopic (exact) mass is 731 g/mol. The molecule has 0 spiro atoms. The molecule has 0 fully saturated rings. The molecule has 0 aliphatic rings. The van der Waals surface area contributed by atoms with Crippen molar-refractivity contribution in [1.29, 1.82) is 5.26 Å². The van der Waals surface area contributed by atoms with Crippen LogP contribution < -0.4 is 18.9 Å². The second-order valence-corrected chi connectivity index (χ2v) is 14.2. The van der Waals surface area contributed by atoms with Gasteiger partial charge in [0, 0.05) is 4.47 Å². The molecule has 6 heteroatoms. The lowest BCUT2D eigenvalue weighted by molar-refractivity contribution is 0.259. The van der Waals surface area contributed by atoms with E-state index in [2.05, 4.69) is 80.0 Å². The number of fused-ring (bicyclic) bond motifs is 6. The highest BCUT2D eigenvalue weighted by Crippen LogP contribution is 2.45. The van der Waals surface area contributed by atoms with Crippen molar-refractivity contribution in [1.82, 2.24) is 0 Å². The molecule has 0 amide bonds. The molecule has 0 N–H and O–H groups in total. The average Bonchev–Trinajstić information content (AvgIpc) is 3.11. The minimum atomic E-state index is 0.603. The van der Waals surface area contributed by atoms with Gasteiger partial charge in [0.05, 0.1) is 32.0 Å². The molecule has 0 bridgehead atoms. The molecule has 4 aromatic carbocycles. The first-order valence-electron chi connectivity index (χ1n) is 19.2. The fourth-order valence-electron chi connectivity index (χ4n) is 6.41. The molecule has 0 unspecified atom stereocenters. The van der Waals surface area contributed by atoms with Crippen molar-refractivity contribution in [3.63, 3.8) is 0 Å². The molecule has 0 saturated carbocycles. The molecule has 49 heavy (non-hydrogen) atoms. The van der Waals surface area contributed by atoms with Crippen LogP contribution in [0.5, 0.6) is 23.0 Å². The van der Waals surface area contributed by atoms with E-state index in [1.807, 2.05) is 6.07 Å². The lowest BCUT2D eigenvalue weighted by Crippen LogP contribution is -2.04. The molecular formula is C43H58BrNO4. The molecule has 0 atom stereocenters. The average molecular weight is 733 g/mol. The number of nitriles is 1. The predicted octanol–water partition coefficient (Wildman–Crippen LogP) is 13.6. The van der Waals surface area contributed by atoms with Gasteiger partial charge in [0.15, 0.2) is 23.0 Å². The Labute approximate surface area is 303 Å². The number of ether oxygens (including phenoxy) is 4. The topological polar surface area (TPSA) is 60.7 Å². The zero-order chi connectivity index (χ0) is 34.8. The Morgan fingerprint density at radius 1 is 0.429 bits per heavy atom. The lowest BCUT2D eigenvalue weighted by atomic mass is 9.92. The Bertz CT molecular complexity index is 1660. The second kappa shape index (κ2) is 21.1. The molecule has 266 valence electrons. The van der Waals surface area contributed by atoms with E-state index < -0.39 is 0 Å². The van der Waals surface area contributed by atoms with Crippen LogP contribution in [-0.4, -0.2) is 26.4 Å². The van der Waals surface area contributed by atoms with Crippen LogP contribution in [0.25, 0.3) is 32.3 Å². The van der Waals surface area contributed by atoms with Crippen LogP contribution in [0.3, 0.4) is 0 Å². The molecule has 0 saturated heterocycles. The Morgan fingerprint density at radius 2 is 0.714 bits per heavy atom. The van der Waals surface area contributed by atoms with Crippen molar-refractivity contribution < 1.29 is 18.9 Å². The van der Waals surface area contributed by atoms with Crippen LogP contribution in [0.15, 0.2) is 40.9 Å². The number of unbranched alkanes of at least 4 members (excludes halogenated alkanes) is 12. The van der Waals surface area contributed by atoms with Gasteiger partial charge in [-0.1, -0.05) is 105 Å². The Balaban J connectivity index is 1.89. The van der Waals surface area contributed by atoms with Gasteiger partial charge < -0.3 is 18.9 Å². The van der Waals surface area contributed by atoms with Gasteiger partial charge in [0.25, 0.3) is 0 Å². The van der Waals surface area contributed by atoms with E-state index in [1.165, 1.54) is 51.4 Å². The molecule has 0 aliphatic carbocycles. The predicted molar refractivity (Wildman–Crippen MR) is 210 cm³/mol. The van der Waals surface area contributed by atoms with Crippen molar-refractivity contribution in [2.75, 3.05) is 26.4 Å². The minimum absolute atomic E-state index is 0.603. The first-order chi connectivity index (χ1) is 24.1. The number of hydrogen-bond donors (Lipinski definition) is 0. The fourth-order valence-corrected chi connectivity index (χ4v) is 6.84. The Hall–Kier alpha value is -3.17. The number of nitrogens with zero attached hydrogens (tertiary/aromatic N) is 1. The number of rotatable bonds is 24. The maximum atomic E-state index is 10.0. The van der Waals surface area contributed by atoms with Crippen LogP contribution in [0.1, 0.15) is 136 Å². The van der Waals surface area contributed by atoms with Gasteiger partial charge in [-0.15, -0.1) is 0 Å². The molecule has 5 nitrogen and oxygen atoms in total. The third-order valence-electron chi connectivity index (χ3n) is 9.29. The minimum Gasteiger partial charge on any atom is -0.490 e. The third-order valence-corrected chi connectivity index (χ3v) is 9.94. The van der Waals surface area contributed by atoms with Gasteiger partial charge in [-0.2, -0.15) is 5.26 Å². The maximum Gasteiger partial charge on any atom is 0.161 e. The normalized spacial score (nSPS) is 11.3. The van der Waals surface area contributed by atoms with Crippen molar-refractivity contribution in [2.45, 2.75) is 130 Å². The van der Waals surface area contributed by atoms with Crippen LogP contribution >= 0.6 is 15.9 Å². The zero-order valence-electron chi connectivity index (χ0n) is 30.6. The Kier molecular flexibility index (Phi) is 16.7. The highest BCUT2D eigenvalue weighted by molar-refractivity contribution is 9.10.